The van der Waals surface area contributed by atoms with Crippen LogP contribution in [0.5, 0.6) is 0 Å². The van der Waals surface area contributed by atoms with Crippen LogP contribution >= 0.6 is 11.3 Å². The van der Waals surface area contributed by atoms with Crippen molar-refractivity contribution < 1.29 is 14.3 Å². The quantitative estimate of drug-likeness (QED) is 0.540. The molecule has 0 saturated carbocycles. The number of aromatic carboxylic acids is 1. The minimum absolute atomic E-state index is 0.214. The van der Waals surface area contributed by atoms with E-state index < -0.39 is 5.97 Å². The average molecular weight is 349 g/mol. The Labute approximate surface area is 146 Å². The third-order valence-corrected chi connectivity index (χ3v) is 5.02. The molecule has 24 heavy (non-hydrogen) atoms. The SMILES string of the molecule is CCCCCCCc1cc(F)ccc1NCc1ccc(C(=O)O)s1. The number of benzene rings is 1. The van der Waals surface area contributed by atoms with E-state index in [1.807, 2.05) is 6.07 Å². The van der Waals surface area contributed by atoms with E-state index >= 15 is 0 Å². The van der Waals surface area contributed by atoms with Crippen LogP contribution < -0.4 is 5.32 Å². The van der Waals surface area contributed by atoms with Gasteiger partial charge in [-0.3, -0.25) is 0 Å². The van der Waals surface area contributed by atoms with Crippen molar-refractivity contribution >= 4 is 23.0 Å². The fourth-order valence-corrected chi connectivity index (χ4v) is 3.42. The Balaban J connectivity index is 1.94. The largest absolute Gasteiger partial charge is 0.477 e. The fraction of sp³-hybridized carbons (Fsp3) is 0.421. The van der Waals surface area contributed by atoms with Crippen LogP contribution in [0, 0.1) is 5.82 Å². The maximum Gasteiger partial charge on any atom is 0.345 e. The number of thiophene rings is 1. The Hall–Kier alpha value is -1.88. The van der Waals surface area contributed by atoms with Gasteiger partial charge < -0.3 is 10.4 Å². The monoisotopic (exact) mass is 349 g/mol. The first kappa shape index (κ1) is 18.5. The standard InChI is InChI=1S/C19H24FNO2S/c1-2-3-4-5-6-7-14-12-15(20)8-10-17(14)21-13-16-9-11-18(24-16)19(22)23/h8-12,21H,2-7,13H2,1H3,(H,22,23). The lowest BCUT2D eigenvalue weighted by molar-refractivity contribution is 0.0702. The molecule has 0 saturated heterocycles. The Kier molecular flexibility index (Phi) is 7.25. The van der Waals surface area contributed by atoms with E-state index in [0.29, 0.717) is 11.4 Å². The molecule has 1 heterocycles. The van der Waals surface area contributed by atoms with E-state index in [9.17, 15) is 9.18 Å². The number of halogens is 1. The van der Waals surface area contributed by atoms with Crippen molar-refractivity contribution in [2.75, 3.05) is 5.32 Å². The summed E-state index contributed by atoms with van der Waals surface area (Å²) in [6.45, 7) is 2.74. The molecule has 2 N–H and O–H groups in total. The number of hydrogen-bond acceptors (Lipinski definition) is 3. The molecule has 5 heteroatoms. The Morgan fingerprint density at radius 1 is 1.17 bits per heavy atom. The molecule has 130 valence electrons. The molecule has 0 atom stereocenters. The number of hydrogen-bond donors (Lipinski definition) is 2. The van der Waals surface area contributed by atoms with Gasteiger partial charge in [0.25, 0.3) is 0 Å². The van der Waals surface area contributed by atoms with Crippen molar-refractivity contribution in [3.8, 4) is 0 Å². The number of carboxylic acids is 1. The van der Waals surface area contributed by atoms with E-state index in [-0.39, 0.29) is 5.82 Å². The Bertz CT molecular complexity index is 669. The molecular weight excluding hydrogens is 325 g/mol. The highest BCUT2D eigenvalue weighted by Crippen LogP contribution is 2.23. The zero-order valence-electron chi connectivity index (χ0n) is 14.0. The highest BCUT2D eigenvalue weighted by molar-refractivity contribution is 7.13. The van der Waals surface area contributed by atoms with Crippen LogP contribution in [0.2, 0.25) is 0 Å². The highest BCUT2D eigenvalue weighted by atomic mass is 32.1. The molecule has 0 aliphatic carbocycles. The van der Waals surface area contributed by atoms with Crippen molar-refractivity contribution in [1.82, 2.24) is 0 Å². The molecule has 0 spiro atoms. The van der Waals surface area contributed by atoms with Crippen LogP contribution in [-0.2, 0) is 13.0 Å². The molecule has 0 radical (unpaired) electrons. The number of carbonyl (C=O) groups is 1. The molecule has 0 aliphatic heterocycles. The maximum absolute atomic E-state index is 13.5. The lowest BCUT2D eigenvalue weighted by atomic mass is 10.0. The predicted octanol–water partition coefficient (Wildman–Crippen LogP) is 5.71. The Morgan fingerprint density at radius 2 is 1.96 bits per heavy atom. The molecular formula is C19H24FNO2S. The van der Waals surface area contributed by atoms with Gasteiger partial charge in [-0.2, -0.15) is 0 Å². The second-order valence-corrected chi connectivity index (χ2v) is 7.06. The van der Waals surface area contributed by atoms with Crippen LogP contribution in [-0.4, -0.2) is 11.1 Å². The normalized spacial score (nSPS) is 10.8. The molecule has 0 bridgehead atoms. The summed E-state index contributed by atoms with van der Waals surface area (Å²) >= 11 is 1.26. The third kappa shape index (κ3) is 5.64. The van der Waals surface area contributed by atoms with E-state index in [1.54, 1.807) is 18.2 Å². The van der Waals surface area contributed by atoms with Crippen molar-refractivity contribution in [3.05, 3.63) is 51.5 Å². The first-order valence-electron chi connectivity index (χ1n) is 8.44. The minimum atomic E-state index is -0.902. The van der Waals surface area contributed by atoms with Gasteiger partial charge in [-0.25, -0.2) is 9.18 Å². The van der Waals surface area contributed by atoms with Gasteiger partial charge in [-0.05, 0) is 48.7 Å². The summed E-state index contributed by atoms with van der Waals surface area (Å²) < 4.78 is 13.5. The summed E-state index contributed by atoms with van der Waals surface area (Å²) in [5, 5.41) is 12.3. The highest BCUT2D eigenvalue weighted by Gasteiger charge is 2.08. The van der Waals surface area contributed by atoms with E-state index in [1.165, 1.54) is 36.7 Å². The van der Waals surface area contributed by atoms with Gasteiger partial charge in [0, 0.05) is 17.1 Å². The topological polar surface area (TPSA) is 49.3 Å². The van der Waals surface area contributed by atoms with Gasteiger partial charge >= 0.3 is 5.97 Å². The van der Waals surface area contributed by atoms with Crippen LogP contribution in [0.15, 0.2) is 30.3 Å². The van der Waals surface area contributed by atoms with Gasteiger partial charge in [-0.1, -0.05) is 32.6 Å². The maximum atomic E-state index is 13.5. The number of aryl methyl sites for hydroxylation is 1. The average Bonchev–Trinajstić information content (AvgIpc) is 3.03. The molecule has 2 aromatic rings. The van der Waals surface area contributed by atoms with Crippen molar-refractivity contribution in [3.63, 3.8) is 0 Å². The van der Waals surface area contributed by atoms with E-state index in [0.717, 1.165) is 35.4 Å². The second kappa shape index (κ2) is 9.42. The molecule has 0 fully saturated rings. The predicted molar refractivity (Wildman–Crippen MR) is 97.5 cm³/mol. The summed E-state index contributed by atoms with van der Waals surface area (Å²) in [6.07, 6.45) is 6.76. The smallest absolute Gasteiger partial charge is 0.345 e. The molecule has 0 aliphatic rings. The summed E-state index contributed by atoms with van der Waals surface area (Å²) in [5.41, 5.74) is 1.92. The first-order valence-corrected chi connectivity index (χ1v) is 9.26. The van der Waals surface area contributed by atoms with Crippen molar-refractivity contribution in [2.45, 2.75) is 52.0 Å². The number of anilines is 1. The van der Waals surface area contributed by atoms with Crippen molar-refractivity contribution in [2.24, 2.45) is 0 Å². The zero-order valence-corrected chi connectivity index (χ0v) is 14.8. The number of unbranched alkanes of at least 4 members (excludes halogenated alkanes) is 4. The summed E-state index contributed by atoms with van der Waals surface area (Å²) in [4.78, 5) is 12.2. The molecule has 1 aromatic heterocycles. The number of nitrogens with one attached hydrogen (secondary N) is 1. The molecule has 1 aromatic carbocycles. The van der Waals surface area contributed by atoms with Crippen LogP contribution in [0.25, 0.3) is 0 Å². The lowest BCUT2D eigenvalue weighted by Crippen LogP contribution is -2.02. The minimum Gasteiger partial charge on any atom is -0.477 e. The first-order chi connectivity index (χ1) is 11.6. The summed E-state index contributed by atoms with van der Waals surface area (Å²) in [5.74, 6) is -1.12. The molecule has 2 rings (SSSR count). The second-order valence-electron chi connectivity index (χ2n) is 5.89. The van der Waals surface area contributed by atoms with Gasteiger partial charge in [0.15, 0.2) is 0 Å². The van der Waals surface area contributed by atoms with Gasteiger partial charge in [0.05, 0.1) is 0 Å². The lowest BCUT2D eigenvalue weighted by Gasteiger charge is -2.12. The van der Waals surface area contributed by atoms with Gasteiger partial charge in [0.2, 0.25) is 0 Å². The number of carboxylic acid groups (broad SMARTS) is 1. The summed E-state index contributed by atoms with van der Waals surface area (Å²) in [6, 6.07) is 8.25. The van der Waals surface area contributed by atoms with Crippen LogP contribution in [0.4, 0.5) is 10.1 Å². The third-order valence-electron chi connectivity index (χ3n) is 3.94. The van der Waals surface area contributed by atoms with Crippen molar-refractivity contribution in [1.29, 1.82) is 0 Å². The summed E-state index contributed by atoms with van der Waals surface area (Å²) in [7, 11) is 0. The van der Waals surface area contributed by atoms with E-state index in [4.69, 9.17) is 5.11 Å². The Morgan fingerprint density at radius 3 is 2.67 bits per heavy atom. The molecule has 0 amide bonds. The van der Waals surface area contributed by atoms with Crippen LogP contribution in [0.1, 0.15) is 59.1 Å². The van der Waals surface area contributed by atoms with Crippen LogP contribution in [0.3, 0.4) is 0 Å². The zero-order chi connectivity index (χ0) is 17.4. The fourth-order valence-electron chi connectivity index (χ4n) is 2.63. The van der Waals surface area contributed by atoms with Gasteiger partial charge in [0.1, 0.15) is 10.7 Å². The number of rotatable bonds is 10. The van der Waals surface area contributed by atoms with E-state index in [2.05, 4.69) is 12.2 Å². The van der Waals surface area contributed by atoms with Gasteiger partial charge in [-0.15, -0.1) is 11.3 Å². The molecule has 0 unspecified atom stereocenters. The molecule has 3 nitrogen and oxygen atoms in total.